The molecule has 0 radical (unpaired) electrons. The Balaban J connectivity index is 1.91. The molecule has 0 spiro atoms. The van der Waals surface area contributed by atoms with Gasteiger partial charge >= 0.3 is 0 Å². The van der Waals surface area contributed by atoms with Gasteiger partial charge in [-0.2, -0.15) is 11.8 Å². The fourth-order valence-corrected chi connectivity index (χ4v) is 3.73. The van der Waals surface area contributed by atoms with Gasteiger partial charge in [0.05, 0.1) is 9.32 Å². The van der Waals surface area contributed by atoms with E-state index in [1.807, 2.05) is 18.0 Å². The van der Waals surface area contributed by atoms with Crippen molar-refractivity contribution in [2.24, 2.45) is 0 Å². The Kier molecular flexibility index (Phi) is 6.01. The number of rotatable bonds is 6. The van der Waals surface area contributed by atoms with Gasteiger partial charge in [-0.3, -0.25) is 0 Å². The average molecular weight is 377 g/mol. The summed E-state index contributed by atoms with van der Waals surface area (Å²) in [6.07, 6.45) is 8.58. The van der Waals surface area contributed by atoms with Crippen LogP contribution in [0.1, 0.15) is 44.9 Å². The summed E-state index contributed by atoms with van der Waals surface area (Å²) in [5, 5.41) is 4.20. The lowest BCUT2D eigenvalue weighted by Crippen LogP contribution is -2.07. The van der Waals surface area contributed by atoms with Crippen LogP contribution in [0.5, 0.6) is 0 Å². The third kappa shape index (κ3) is 4.26. The highest BCUT2D eigenvalue weighted by Gasteiger charge is 2.16. The summed E-state index contributed by atoms with van der Waals surface area (Å²) >= 11 is 4.31. The molecule has 1 aromatic rings. The van der Waals surface area contributed by atoms with E-state index in [9.17, 15) is 0 Å². The second-order valence-electron chi connectivity index (χ2n) is 4.63. The zero-order valence-electron chi connectivity index (χ0n) is 10.8. The molecule has 18 heavy (non-hydrogen) atoms. The van der Waals surface area contributed by atoms with Crippen LogP contribution in [0.2, 0.25) is 0 Å². The summed E-state index contributed by atoms with van der Waals surface area (Å²) in [6.45, 7) is 3.14. The van der Waals surface area contributed by atoms with Gasteiger partial charge in [-0.05, 0) is 41.9 Å². The number of hydrogen-bond acceptors (Lipinski definition) is 4. The van der Waals surface area contributed by atoms with Crippen molar-refractivity contribution in [3.05, 3.63) is 15.6 Å². The van der Waals surface area contributed by atoms with Gasteiger partial charge in [-0.1, -0.05) is 19.8 Å². The van der Waals surface area contributed by atoms with Gasteiger partial charge in [-0.15, -0.1) is 0 Å². The first kappa shape index (κ1) is 14.4. The normalized spacial score (nSPS) is 16.1. The predicted octanol–water partition coefficient (Wildman–Crippen LogP) is 4.08. The summed E-state index contributed by atoms with van der Waals surface area (Å²) in [5.41, 5.74) is 0. The third-order valence-electron chi connectivity index (χ3n) is 3.09. The molecule has 2 rings (SSSR count). The van der Waals surface area contributed by atoms with Crippen LogP contribution in [0.25, 0.3) is 0 Å². The lowest BCUT2D eigenvalue weighted by atomic mass is 10.4. The van der Waals surface area contributed by atoms with E-state index in [2.05, 4.69) is 44.8 Å². The first-order valence-electron chi connectivity index (χ1n) is 6.66. The Morgan fingerprint density at radius 3 is 2.94 bits per heavy atom. The molecule has 0 bridgehead atoms. The molecule has 0 atom stereocenters. The van der Waals surface area contributed by atoms with Crippen LogP contribution in [0.3, 0.4) is 0 Å². The molecule has 1 fully saturated rings. The van der Waals surface area contributed by atoms with E-state index < -0.39 is 0 Å². The molecule has 3 nitrogen and oxygen atoms in total. The molecule has 1 saturated carbocycles. The van der Waals surface area contributed by atoms with Crippen LogP contribution in [-0.4, -0.2) is 21.8 Å². The number of anilines is 1. The highest BCUT2D eigenvalue weighted by Crippen LogP contribution is 2.31. The van der Waals surface area contributed by atoms with Gasteiger partial charge in [0.2, 0.25) is 0 Å². The maximum atomic E-state index is 4.62. The Hall–Kier alpha value is -0.0400. The fourth-order valence-electron chi connectivity index (χ4n) is 2.09. The van der Waals surface area contributed by atoms with Gasteiger partial charge in [0.1, 0.15) is 11.6 Å². The Morgan fingerprint density at radius 1 is 1.44 bits per heavy atom. The van der Waals surface area contributed by atoms with E-state index in [1.54, 1.807) is 0 Å². The maximum absolute atomic E-state index is 4.62. The lowest BCUT2D eigenvalue weighted by molar-refractivity contribution is 0.886. The maximum Gasteiger partial charge on any atom is 0.143 e. The summed E-state index contributed by atoms with van der Waals surface area (Å²) in [5.74, 6) is 2.91. The molecule has 0 aliphatic heterocycles. The second-order valence-corrected chi connectivity index (χ2v) is 7.08. The summed E-state index contributed by atoms with van der Waals surface area (Å²) in [6, 6.07) is 0. The predicted molar refractivity (Wildman–Crippen MR) is 87.1 cm³/mol. The van der Waals surface area contributed by atoms with Gasteiger partial charge < -0.3 is 5.32 Å². The molecule has 1 aliphatic carbocycles. The number of nitrogens with one attached hydrogen (secondary N) is 1. The zero-order valence-corrected chi connectivity index (χ0v) is 13.8. The molecule has 1 aromatic heterocycles. The monoisotopic (exact) mass is 377 g/mol. The molecule has 1 heterocycles. The first-order valence-corrected chi connectivity index (χ1v) is 8.79. The molecular formula is C13H20IN3S. The van der Waals surface area contributed by atoms with Crippen molar-refractivity contribution in [3.63, 3.8) is 0 Å². The minimum absolute atomic E-state index is 0.833. The molecule has 0 amide bonds. The van der Waals surface area contributed by atoms with E-state index >= 15 is 0 Å². The Morgan fingerprint density at radius 2 is 2.22 bits per heavy atom. The molecule has 0 saturated heterocycles. The third-order valence-corrected chi connectivity index (χ3v) is 5.24. The van der Waals surface area contributed by atoms with Gasteiger partial charge in [0.25, 0.3) is 0 Å². The molecule has 0 aromatic carbocycles. The largest absolute Gasteiger partial charge is 0.369 e. The molecular weight excluding hydrogens is 357 g/mol. The summed E-state index contributed by atoms with van der Waals surface area (Å²) in [4.78, 5) is 9.05. The van der Waals surface area contributed by atoms with Crippen LogP contribution in [0.15, 0.2) is 6.20 Å². The average Bonchev–Trinajstić information content (AvgIpc) is 2.89. The van der Waals surface area contributed by atoms with E-state index in [0.717, 1.165) is 39.2 Å². The van der Waals surface area contributed by atoms with Crippen molar-refractivity contribution < 1.29 is 0 Å². The van der Waals surface area contributed by atoms with Crippen LogP contribution >= 0.6 is 34.4 Å². The minimum Gasteiger partial charge on any atom is -0.369 e. The SMILES string of the molecule is CCCNc1nc(CSC2CCCC2)ncc1I. The fraction of sp³-hybridized carbons (Fsp3) is 0.692. The summed E-state index contributed by atoms with van der Waals surface area (Å²) in [7, 11) is 0. The first-order chi connectivity index (χ1) is 8.79. The molecule has 100 valence electrons. The van der Waals surface area contributed by atoms with Gasteiger partial charge in [0, 0.05) is 18.0 Å². The van der Waals surface area contributed by atoms with Crippen molar-refractivity contribution in [3.8, 4) is 0 Å². The zero-order chi connectivity index (χ0) is 12.8. The van der Waals surface area contributed by atoms with Crippen molar-refractivity contribution in [1.29, 1.82) is 0 Å². The number of aromatic nitrogens is 2. The topological polar surface area (TPSA) is 37.8 Å². The van der Waals surface area contributed by atoms with Crippen molar-refractivity contribution in [1.82, 2.24) is 9.97 Å². The standard InChI is InChI=1S/C13H20IN3S/c1-2-7-15-13-11(14)8-16-12(17-13)9-18-10-5-3-4-6-10/h8,10H,2-7,9H2,1H3,(H,15,16,17). The number of nitrogens with zero attached hydrogens (tertiary/aromatic N) is 2. The Labute approximate surface area is 127 Å². The number of hydrogen-bond donors (Lipinski definition) is 1. The number of halogens is 1. The molecule has 0 unspecified atom stereocenters. The van der Waals surface area contributed by atoms with Crippen LogP contribution < -0.4 is 5.32 Å². The molecule has 1 aliphatic rings. The van der Waals surface area contributed by atoms with E-state index in [0.29, 0.717) is 0 Å². The summed E-state index contributed by atoms with van der Waals surface area (Å²) < 4.78 is 1.11. The smallest absolute Gasteiger partial charge is 0.143 e. The van der Waals surface area contributed by atoms with E-state index in [4.69, 9.17) is 0 Å². The Bertz CT molecular complexity index is 380. The van der Waals surface area contributed by atoms with Crippen molar-refractivity contribution in [2.45, 2.75) is 50.0 Å². The highest BCUT2D eigenvalue weighted by molar-refractivity contribution is 14.1. The van der Waals surface area contributed by atoms with Gasteiger partial charge in [-0.25, -0.2) is 9.97 Å². The van der Waals surface area contributed by atoms with E-state index in [1.165, 1.54) is 25.7 Å². The van der Waals surface area contributed by atoms with E-state index in [-0.39, 0.29) is 0 Å². The quantitative estimate of drug-likeness (QED) is 0.759. The number of thioether (sulfide) groups is 1. The van der Waals surface area contributed by atoms with Crippen molar-refractivity contribution >= 4 is 40.2 Å². The second kappa shape index (κ2) is 7.53. The van der Waals surface area contributed by atoms with Crippen molar-refractivity contribution in [2.75, 3.05) is 11.9 Å². The van der Waals surface area contributed by atoms with Crippen LogP contribution in [0.4, 0.5) is 5.82 Å². The minimum atomic E-state index is 0.833. The van der Waals surface area contributed by atoms with Gasteiger partial charge in [0.15, 0.2) is 0 Å². The highest BCUT2D eigenvalue weighted by atomic mass is 127. The molecule has 1 N–H and O–H groups in total. The molecule has 5 heteroatoms. The lowest BCUT2D eigenvalue weighted by Gasteiger charge is -2.10. The van der Waals surface area contributed by atoms with Crippen LogP contribution in [0, 0.1) is 3.57 Å². The van der Waals surface area contributed by atoms with Crippen LogP contribution in [-0.2, 0) is 5.75 Å².